The van der Waals surface area contributed by atoms with Crippen molar-refractivity contribution in [1.82, 2.24) is 10.2 Å². The SMILES string of the molecule is CCCNC(CCC(C)(C)C)C1(N(C)C)CCCCCC1. The minimum atomic E-state index is 0.372. The third-order valence-corrected chi connectivity index (χ3v) is 5.33. The highest BCUT2D eigenvalue weighted by molar-refractivity contribution is 5.00. The van der Waals surface area contributed by atoms with Crippen LogP contribution in [0.2, 0.25) is 0 Å². The molecule has 0 aromatic heterocycles. The van der Waals surface area contributed by atoms with Crippen LogP contribution in [0, 0.1) is 5.41 Å². The number of hydrogen-bond acceptors (Lipinski definition) is 2. The van der Waals surface area contributed by atoms with Gasteiger partial charge in [-0.25, -0.2) is 0 Å². The molecule has 1 aliphatic carbocycles. The first-order chi connectivity index (χ1) is 9.82. The molecule has 0 aliphatic heterocycles. The fourth-order valence-corrected chi connectivity index (χ4v) is 3.90. The number of rotatable bonds is 7. The van der Waals surface area contributed by atoms with Gasteiger partial charge in [0, 0.05) is 11.6 Å². The number of likely N-dealkylation sites (N-methyl/N-ethyl adjacent to an activating group) is 1. The van der Waals surface area contributed by atoms with Crippen LogP contribution in [0.25, 0.3) is 0 Å². The van der Waals surface area contributed by atoms with Crippen molar-refractivity contribution < 1.29 is 0 Å². The van der Waals surface area contributed by atoms with Gasteiger partial charge in [0.2, 0.25) is 0 Å². The molecule has 0 aromatic rings. The van der Waals surface area contributed by atoms with Crippen LogP contribution < -0.4 is 5.32 Å². The highest BCUT2D eigenvalue weighted by atomic mass is 15.2. The van der Waals surface area contributed by atoms with Gasteiger partial charge in [-0.2, -0.15) is 0 Å². The van der Waals surface area contributed by atoms with Crippen LogP contribution in [0.1, 0.15) is 85.5 Å². The van der Waals surface area contributed by atoms with Gasteiger partial charge in [0.15, 0.2) is 0 Å². The summed E-state index contributed by atoms with van der Waals surface area (Å²) in [5.41, 5.74) is 0.807. The Balaban J connectivity index is 2.87. The summed E-state index contributed by atoms with van der Waals surface area (Å²) < 4.78 is 0. The Kier molecular flexibility index (Phi) is 7.70. The molecule has 0 aromatic carbocycles. The Bertz CT molecular complexity index is 270. The molecule has 2 nitrogen and oxygen atoms in total. The zero-order chi connectivity index (χ0) is 15.9. The summed E-state index contributed by atoms with van der Waals surface area (Å²) in [6.45, 7) is 10.6. The Hall–Kier alpha value is -0.0800. The molecular formula is C19H40N2. The summed E-state index contributed by atoms with van der Waals surface area (Å²) in [6.07, 6.45) is 12.2. The predicted molar refractivity (Wildman–Crippen MR) is 94.9 cm³/mol. The van der Waals surface area contributed by atoms with Crippen molar-refractivity contribution in [2.45, 2.75) is 97.1 Å². The van der Waals surface area contributed by atoms with Gasteiger partial charge in [0.25, 0.3) is 0 Å². The van der Waals surface area contributed by atoms with Crippen LogP contribution in [0.3, 0.4) is 0 Å². The van der Waals surface area contributed by atoms with E-state index < -0.39 is 0 Å². The van der Waals surface area contributed by atoms with Crippen molar-refractivity contribution in [2.24, 2.45) is 5.41 Å². The number of nitrogens with one attached hydrogen (secondary N) is 1. The van der Waals surface area contributed by atoms with E-state index >= 15 is 0 Å². The maximum absolute atomic E-state index is 3.92. The van der Waals surface area contributed by atoms with Gasteiger partial charge in [-0.15, -0.1) is 0 Å². The van der Waals surface area contributed by atoms with Gasteiger partial charge in [0.05, 0.1) is 0 Å². The molecule has 2 heteroatoms. The second kappa shape index (κ2) is 8.53. The average Bonchev–Trinajstić information content (AvgIpc) is 2.64. The maximum Gasteiger partial charge on any atom is 0.0356 e. The highest BCUT2D eigenvalue weighted by Gasteiger charge is 2.40. The maximum atomic E-state index is 3.92. The monoisotopic (exact) mass is 296 g/mol. The smallest absolute Gasteiger partial charge is 0.0356 e. The fraction of sp³-hybridized carbons (Fsp3) is 1.00. The second-order valence-electron chi connectivity index (χ2n) is 8.52. The van der Waals surface area contributed by atoms with E-state index in [1.807, 2.05) is 0 Å². The quantitative estimate of drug-likeness (QED) is 0.677. The molecule has 1 fully saturated rings. The molecule has 0 heterocycles. The molecule has 1 unspecified atom stereocenters. The summed E-state index contributed by atoms with van der Waals surface area (Å²) in [5.74, 6) is 0. The zero-order valence-electron chi connectivity index (χ0n) is 15.6. The third-order valence-electron chi connectivity index (χ3n) is 5.33. The molecule has 0 bridgehead atoms. The molecule has 1 atom stereocenters. The van der Waals surface area contributed by atoms with Gasteiger partial charge in [-0.05, 0) is 58.2 Å². The summed E-state index contributed by atoms with van der Waals surface area (Å²) in [6, 6.07) is 0.643. The normalized spacial score (nSPS) is 21.3. The van der Waals surface area contributed by atoms with Gasteiger partial charge in [-0.3, -0.25) is 0 Å². The summed E-state index contributed by atoms with van der Waals surface area (Å²) in [5, 5.41) is 3.92. The van der Waals surface area contributed by atoms with Crippen molar-refractivity contribution in [1.29, 1.82) is 0 Å². The summed E-state index contributed by atoms with van der Waals surface area (Å²) in [4.78, 5) is 2.55. The first kappa shape index (κ1) is 19.0. The molecule has 1 N–H and O–H groups in total. The van der Waals surface area contributed by atoms with Gasteiger partial charge in [0.1, 0.15) is 0 Å². The molecule has 0 spiro atoms. The van der Waals surface area contributed by atoms with E-state index in [1.165, 1.54) is 57.8 Å². The average molecular weight is 297 g/mol. The van der Waals surface area contributed by atoms with Crippen molar-refractivity contribution in [3.8, 4) is 0 Å². The molecule has 1 rings (SSSR count). The summed E-state index contributed by atoms with van der Waals surface area (Å²) in [7, 11) is 4.62. The van der Waals surface area contributed by atoms with Gasteiger partial charge >= 0.3 is 0 Å². The van der Waals surface area contributed by atoms with Crippen LogP contribution in [0.15, 0.2) is 0 Å². The van der Waals surface area contributed by atoms with Gasteiger partial charge in [-0.1, -0.05) is 53.4 Å². The van der Waals surface area contributed by atoms with Crippen LogP contribution >= 0.6 is 0 Å². The third kappa shape index (κ3) is 5.90. The predicted octanol–water partition coefficient (Wildman–Crippen LogP) is 4.84. The van der Waals surface area contributed by atoms with Crippen molar-refractivity contribution in [2.75, 3.05) is 20.6 Å². The zero-order valence-corrected chi connectivity index (χ0v) is 15.6. The molecule has 1 saturated carbocycles. The lowest BCUT2D eigenvalue weighted by molar-refractivity contribution is 0.0707. The van der Waals surface area contributed by atoms with E-state index in [2.05, 4.69) is 52.0 Å². The minimum Gasteiger partial charge on any atom is -0.312 e. The molecule has 126 valence electrons. The first-order valence-corrected chi connectivity index (χ1v) is 9.22. The van der Waals surface area contributed by atoms with Gasteiger partial charge < -0.3 is 10.2 Å². The van der Waals surface area contributed by atoms with E-state index in [0.29, 0.717) is 17.0 Å². The largest absolute Gasteiger partial charge is 0.312 e. The Morgan fingerprint density at radius 2 is 1.62 bits per heavy atom. The number of nitrogens with zero attached hydrogens (tertiary/aromatic N) is 1. The Morgan fingerprint density at radius 3 is 2.05 bits per heavy atom. The second-order valence-corrected chi connectivity index (χ2v) is 8.52. The summed E-state index contributed by atoms with van der Waals surface area (Å²) >= 11 is 0. The lowest BCUT2D eigenvalue weighted by atomic mass is 9.76. The first-order valence-electron chi connectivity index (χ1n) is 9.22. The standard InChI is InChI=1S/C19H40N2/c1-7-16-20-17(12-15-18(2,3)4)19(21(5)6)13-10-8-9-11-14-19/h17,20H,7-16H2,1-6H3. The van der Waals surface area contributed by atoms with E-state index in [0.717, 1.165) is 6.54 Å². The fourth-order valence-electron chi connectivity index (χ4n) is 3.90. The number of hydrogen-bond donors (Lipinski definition) is 1. The lowest BCUT2D eigenvalue weighted by Crippen LogP contribution is -2.59. The van der Waals surface area contributed by atoms with Crippen LogP contribution in [-0.2, 0) is 0 Å². The van der Waals surface area contributed by atoms with Crippen LogP contribution in [-0.4, -0.2) is 37.1 Å². The van der Waals surface area contributed by atoms with E-state index in [1.54, 1.807) is 0 Å². The highest BCUT2D eigenvalue weighted by Crippen LogP contribution is 2.37. The Morgan fingerprint density at radius 1 is 1.05 bits per heavy atom. The van der Waals surface area contributed by atoms with Crippen molar-refractivity contribution >= 4 is 0 Å². The molecule has 0 amide bonds. The lowest BCUT2D eigenvalue weighted by Gasteiger charge is -2.47. The Labute approximate surface area is 134 Å². The molecule has 1 aliphatic rings. The molecule has 21 heavy (non-hydrogen) atoms. The van der Waals surface area contributed by atoms with E-state index in [-0.39, 0.29) is 0 Å². The van der Waals surface area contributed by atoms with Crippen LogP contribution in [0.5, 0.6) is 0 Å². The van der Waals surface area contributed by atoms with E-state index in [4.69, 9.17) is 0 Å². The minimum absolute atomic E-state index is 0.372. The molecular weight excluding hydrogens is 256 g/mol. The molecule has 0 radical (unpaired) electrons. The van der Waals surface area contributed by atoms with E-state index in [9.17, 15) is 0 Å². The topological polar surface area (TPSA) is 15.3 Å². The van der Waals surface area contributed by atoms with Crippen LogP contribution in [0.4, 0.5) is 0 Å². The van der Waals surface area contributed by atoms with Crippen molar-refractivity contribution in [3.05, 3.63) is 0 Å². The van der Waals surface area contributed by atoms with Crippen molar-refractivity contribution in [3.63, 3.8) is 0 Å². The molecule has 0 saturated heterocycles.